The summed E-state index contributed by atoms with van der Waals surface area (Å²) in [6, 6.07) is 16.0. The molecule has 0 aromatic heterocycles. The summed E-state index contributed by atoms with van der Waals surface area (Å²) in [5.41, 5.74) is 3.93. The predicted molar refractivity (Wildman–Crippen MR) is 149 cm³/mol. The maximum absolute atomic E-state index is 13.0. The molecule has 0 bridgehead atoms. The van der Waals surface area contributed by atoms with E-state index >= 15 is 0 Å². The smallest absolute Gasteiger partial charge is 0.407 e. The minimum atomic E-state index is -2.01. The lowest BCUT2D eigenvalue weighted by atomic mass is 9.91. The van der Waals surface area contributed by atoms with Crippen molar-refractivity contribution in [1.82, 2.24) is 5.32 Å². The number of hydrogen-bond donors (Lipinski definition) is 2. The third-order valence-corrected chi connectivity index (χ3v) is 12.8. The van der Waals surface area contributed by atoms with E-state index in [0.29, 0.717) is 19.6 Å². The predicted octanol–water partition coefficient (Wildman–Crippen LogP) is 6.09. The fourth-order valence-electron chi connectivity index (χ4n) is 4.88. The SMILES string of the molecule is CC(C)C[C@H](NC(=O)OCC1c2ccccc2-c2ccccc21)[C@H](O)[C@@]1(CO[Si](C)(C)C(C)(C)C)CO1. The number of aliphatic hydroxyl groups excluding tert-OH is 1. The van der Waals surface area contributed by atoms with E-state index < -0.39 is 32.2 Å². The van der Waals surface area contributed by atoms with Crippen LogP contribution in [0.4, 0.5) is 4.79 Å². The summed E-state index contributed by atoms with van der Waals surface area (Å²) in [5, 5.41) is 14.4. The molecule has 1 heterocycles. The van der Waals surface area contributed by atoms with Crippen LogP contribution in [0.25, 0.3) is 11.1 Å². The molecule has 7 heteroatoms. The number of epoxide rings is 1. The molecule has 0 unspecified atom stereocenters. The standard InChI is InChI=1S/C30H43NO5Si/c1-20(2)16-26(27(32)30(18-35-30)19-36-37(6,7)29(3,4)5)31-28(33)34-17-25-23-14-10-8-12-21(23)22-13-9-11-15-24(22)25/h8-15,20,25-27,32H,16-19H2,1-7H3,(H,31,33)/t26-,27-,30-/m0/s1. The van der Waals surface area contributed by atoms with Crippen LogP contribution in [0.3, 0.4) is 0 Å². The summed E-state index contributed by atoms with van der Waals surface area (Å²) in [6.45, 7) is 16.1. The van der Waals surface area contributed by atoms with Gasteiger partial charge in [0.25, 0.3) is 0 Å². The summed E-state index contributed by atoms with van der Waals surface area (Å²) in [5.74, 6) is 0.258. The summed E-state index contributed by atoms with van der Waals surface area (Å²) in [7, 11) is -2.01. The van der Waals surface area contributed by atoms with Crippen LogP contribution in [0.15, 0.2) is 48.5 Å². The number of carbonyl (C=O) groups is 1. The highest BCUT2D eigenvalue weighted by molar-refractivity contribution is 6.74. The van der Waals surface area contributed by atoms with Gasteiger partial charge in [0, 0.05) is 5.92 Å². The van der Waals surface area contributed by atoms with Gasteiger partial charge in [-0.25, -0.2) is 4.79 Å². The molecule has 2 aromatic rings. The average molecular weight is 526 g/mol. The van der Waals surface area contributed by atoms with E-state index in [1.54, 1.807) is 0 Å². The van der Waals surface area contributed by atoms with Gasteiger partial charge in [-0.05, 0) is 52.7 Å². The van der Waals surface area contributed by atoms with Gasteiger partial charge in [-0.1, -0.05) is 83.1 Å². The fourth-order valence-corrected chi connectivity index (χ4v) is 5.92. The molecule has 37 heavy (non-hydrogen) atoms. The van der Waals surface area contributed by atoms with Crippen molar-refractivity contribution < 1.29 is 23.8 Å². The monoisotopic (exact) mass is 525 g/mol. The fraction of sp³-hybridized carbons (Fsp3) is 0.567. The topological polar surface area (TPSA) is 80.3 Å². The van der Waals surface area contributed by atoms with Gasteiger partial charge in [-0.2, -0.15) is 0 Å². The molecule has 1 aliphatic heterocycles. The Labute approximate surface area is 222 Å². The van der Waals surface area contributed by atoms with Crippen molar-refractivity contribution in [1.29, 1.82) is 0 Å². The Kier molecular flexibility index (Phi) is 7.91. The Morgan fingerprint density at radius 1 is 1.11 bits per heavy atom. The maximum Gasteiger partial charge on any atom is 0.407 e. The highest BCUT2D eigenvalue weighted by atomic mass is 28.4. The molecule has 1 aliphatic carbocycles. The lowest BCUT2D eigenvalue weighted by molar-refractivity contribution is 0.00944. The molecule has 2 N–H and O–H groups in total. The van der Waals surface area contributed by atoms with E-state index in [-0.39, 0.29) is 23.5 Å². The normalized spacial score (nSPS) is 20.8. The number of ether oxygens (including phenoxy) is 2. The van der Waals surface area contributed by atoms with E-state index in [2.05, 4.69) is 77.3 Å². The number of aliphatic hydroxyl groups is 1. The van der Waals surface area contributed by atoms with Crippen molar-refractivity contribution in [2.45, 2.75) is 82.8 Å². The first-order chi connectivity index (χ1) is 17.3. The van der Waals surface area contributed by atoms with E-state index in [1.165, 1.54) is 22.3 Å². The van der Waals surface area contributed by atoms with Crippen molar-refractivity contribution in [3.63, 3.8) is 0 Å². The first kappa shape index (κ1) is 27.8. The number of benzene rings is 2. The molecule has 3 atom stereocenters. The van der Waals surface area contributed by atoms with Gasteiger partial charge < -0.3 is 24.3 Å². The second kappa shape index (κ2) is 10.5. The summed E-state index contributed by atoms with van der Waals surface area (Å²) in [6.07, 6.45) is -0.802. The lowest BCUT2D eigenvalue weighted by Gasteiger charge is -2.38. The number of nitrogens with one attached hydrogen (secondary N) is 1. The average Bonchev–Trinajstić information content (AvgIpc) is 3.56. The highest BCUT2D eigenvalue weighted by Gasteiger charge is 2.56. The van der Waals surface area contributed by atoms with E-state index in [1.807, 2.05) is 24.3 Å². The number of fused-ring (bicyclic) bond motifs is 3. The Morgan fingerprint density at radius 2 is 1.65 bits per heavy atom. The molecule has 2 aromatic carbocycles. The second-order valence-corrected chi connectivity index (χ2v) is 17.4. The molecule has 0 spiro atoms. The van der Waals surface area contributed by atoms with Gasteiger partial charge in [0.2, 0.25) is 0 Å². The first-order valence-corrected chi connectivity index (χ1v) is 16.3. The molecular weight excluding hydrogens is 482 g/mol. The quantitative estimate of drug-likeness (QED) is 0.290. The van der Waals surface area contributed by atoms with Crippen LogP contribution in [0.5, 0.6) is 0 Å². The molecule has 1 amide bonds. The molecule has 1 fully saturated rings. The van der Waals surface area contributed by atoms with E-state index in [4.69, 9.17) is 13.9 Å². The van der Waals surface area contributed by atoms with Crippen molar-refractivity contribution in [2.24, 2.45) is 5.92 Å². The van der Waals surface area contributed by atoms with Gasteiger partial charge in [-0.15, -0.1) is 0 Å². The maximum atomic E-state index is 13.0. The highest BCUT2D eigenvalue weighted by Crippen LogP contribution is 2.45. The zero-order valence-corrected chi connectivity index (χ0v) is 24.3. The molecule has 2 aliphatic rings. The van der Waals surface area contributed by atoms with Crippen LogP contribution in [0, 0.1) is 5.92 Å². The summed E-state index contributed by atoms with van der Waals surface area (Å²) in [4.78, 5) is 13.0. The third kappa shape index (κ3) is 5.95. The van der Waals surface area contributed by atoms with E-state index in [0.717, 1.165) is 0 Å². The zero-order valence-electron chi connectivity index (χ0n) is 23.3. The molecule has 6 nitrogen and oxygen atoms in total. The van der Waals surface area contributed by atoms with Crippen molar-refractivity contribution >= 4 is 14.4 Å². The van der Waals surface area contributed by atoms with Gasteiger partial charge in [0.05, 0.1) is 19.3 Å². The Morgan fingerprint density at radius 3 is 2.14 bits per heavy atom. The van der Waals surface area contributed by atoms with Crippen molar-refractivity contribution in [3.8, 4) is 11.1 Å². The Balaban J connectivity index is 1.41. The van der Waals surface area contributed by atoms with Crippen LogP contribution < -0.4 is 5.32 Å². The second-order valence-electron chi connectivity index (χ2n) is 12.6. The zero-order chi connectivity index (χ0) is 27.0. The van der Waals surface area contributed by atoms with Crippen LogP contribution in [-0.4, -0.2) is 57.1 Å². The van der Waals surface area contributed by atoms with Crippen molar-refractivity contribution in [2.75, 3.05) is 19.8 Å². The molecule has 4 rings (SSSR count). The van der Waals surface area contributed by atoms with Gasteiger partial charge >= 0.3 is 6.09 Å². The number of rotatable bonds is 10. The molecular formula is C30H43NO5Si. The molecule has 0 radical (unpaired) electrons. The number of carbonyl (C=O) groups excluding carboxylic acids is 1. The van der Waals surface area contributed by atoms with Gasteiger partial charge in [-0.3, -0.25) is 0 Å². The van der Waals surface area contributed by atoms with Gasteiger partial charge in [0.15, 0.2) is 8.32 Å². The summed E-state index contributed by atoms with van der Waals surface area (Å²) >= 11 is 0. The summed E-state index contributed by atoms with van der Waals surface area (Å²) < 4.78 is 17.9. The Bertz CT molecular complexity index is 1060. The lowest BCUT2D eigenvalue weighted by Crippen LogP contribution is -2.54. The Hall–Kier alpha value is -2.19. The third-order valence-electron chi connectivity index (χ3n) is 8.29. The first-order valence-electron chi connectivity index (χ1n) is 13.4. The van der Waals surface area contributed by atoms with Crippen molar-refractivity contribution in [3.05, 3.63) is 59.7 Å². The minimum absolute atomic E-state index is 0.0114. The van der Waals surface area contributed by atoms with Crippen LogP contribution in [0.2, 0.25) is 18.1 Å². The number of hydrogen-bond acceptors (Lipinski definition) is 5. The van der Waals surface area contributed by atoms with Crippen LogP contribution in [-0.2, 0) is 13.9 Å². The minimum Gasteiger partial charge on any atom is -0.449 e. The molecule has 0 saturated carbocycles. The largest absolute Gasteiger partial charge is 0.449 e. The molecule has 202 valence electrons. The number of amides is 1. The molecule has 1 saturated heterocycles. The van der Waals surface area contributed by atoms with Crippen LogP contribution >= 0.6 is 0 Å². The number of alkyl carbamates (subject to hydrolysis) is 1. The van der Waals surface area contributed by atoms with Crippen LogP contribution in [0.1, 0.15) is 58.1 Å². The van der Waals surface area contributed by atoms with E-state index in [9.17, 15) is 9.90 Å². The van der Waals surface area contributed by atoms with Gasteiger partial charge in [0.1, 0.15) is 18.3 Å².